The Balaban J connectivity index is 0.00000225. The number of amides is 1. The summed E-state index contributed by atoms with van der Waals surface area (Å²) in [4.78, 5) is 14.8. The maximum absolute atomic E-state index is 13.0. The summed E-state index contributed by atoms with van der Waals surface area (Å²) < 4.78 is 25.1. The quantitative estimate of drug-likeness (QED) is 0.821. The van der Waals surface area contributed by atoms with Gasteiger partial charge in [0.15, 0.2) is 0 Å². The number of hydrogen-bond donors (Lipinski definition) is 1. The van der Waals surface area contributed by atoms with E-state index in [2.05, 4.69) is 0 Å². The van der Waals surface area contributed by atoms with Crippen molar-refractivity contribution in [3.8, 4) is 0 Å². The van der Waals surface area contributed by atoms with Crippen molar-refractivity contribution in [2.75, 3.05) is 30.2 Å². The van der Waals surface area contributed by atoms with Crippen molar-refractivity contribution in [1.82, 2.24) is 4.90 Å². The van der Waals surface area contributed by atoms with Gasteiger partial charge in [-0.1, -0.05) is 30.3 Å². The van der Waals surface area contributed by atoms with E-state index in [1.165, 1.54) is 10.6 Å². The first-order valence-corrected chi connectivity index (χ1v) is 10.9. The Morgan fingerprint density at radius 1 is 1.11 bits per heavy atom. The molecule has 0 spiro atoms. The molecule has 28 heavy (non-hydrogen) atoms. The molecule has 6 nitrogen and oxygen atoms in total. The van der Waals surface area contributed by atoms with E-state index in [-0.39, 0.29) is 30.3 Å². The summed E-state index contributed by atoms with van der Waals surface area (Å²) in [7, 11) is -3.29. The highest BCUT2D eigenvalue weighted by Crippen LogP contribution is 2.32. The van der Waals surface area contributed by atoms with Gasteiger partial charge in [-0.15, -0.1) is 12.4 Å². The van der Waals surface area contributed by atoms with Crippen LogP contribution in [0, 0.1) is 0 Å². The average Bonchev–Trinajstić information content (AvgIpc) is 3.24. The number of halogens is 1. The summed E-state index contributed by atoms with van der Waals surface area (Å²) >= 11 is 0. The van der Waals surface area contributed by atoms with Gasteiger partial charge < -0.3 is 10.6 Å². The second kappa shape index (κ2) is 7.73. The third-order valence-electron chi connectivity index (χ3n) is 5.46. The summed E-state index contributed by atoms with van der Waals surface area (Å²) in [6.07, 6.45) is 1.83. The smallest absolute Gasteiger partial charge is 0.253 e. The van der Waals surface area contributed by atoms with E-state index in [0.29, 0.717) is 37.3 Å². The Bertz CT molecular complexity index is 981. The van der Waals surface area contributed by atoms with E-state index in [1.54, 1.807) is 17.0 Å². The van der Waals surface area contributed by atoms with Crippen molar-refractivity contribution in [2.45, 2.75) is 18.4 Å². The molecule has 1 saturated heterocycles. The van der Waals surface area contributed by atoms with E-state index in [9.17, 15) is 13.2 Å². The summed E-state index contributed by atoms with van der Waals surface area (Å²) in [5.74, 6) is 0.0785. The van der Waals surface area contributed by atoms with Crippen LogP contribution in [0.5, 0.6) is 0 Å². The first-order valence-electron chi connectivity index (χ1n) is 9.05. The van der Waals surface area contributed by atoms with E-state index < -0.39 is 10.0 Å². The predicted molar refractivity (Wildman–Crippen MR) is 113 cm³/mol. The molecule has 0 saturated carbocycles. The number of anilines is 1. The Hall–Kier alpha value is -2.09. The number of benzene rings is 2. The molecule has 2 aliphatic heterocycles. The molecule has 2 N–H and O–H groups in total. The first kappa shape index (κ1) is 20.6. The molecule has 2 atom stereocenters. The van der Waals surface area contributed by atoms with Gasteiger partial charge in [-0.25, -0.2) is 8.42 Å². The first-order chi connectivity index (χ1) is 12.8. The zero-order valence-electron chi connectivity index (χ0n) is 15.6. The zero-order valence-corrected chi connectivity index (χ0v) is 17.2. The highest BCUT2D eigenvalue weighted by Gasteiger charge is 2.35. The second-order valence-electron chi connectivity index (χ2n) is 7.32. The van der Waals surface area contributed by atoms with E-state index in [1.807, 2.05) is 36.4 Å². The molecule has 2 heterocycles. The topological polar surface area (TPSA) is 83.7 Å². The molecule has 0 aromatic heterocycles. The molecule has 8 heteroatoms. The molecule has 0 radical (unpaired) electrons. The summed E-state index contributed by atoms with van der Waals surface area (Å²) in [5, 5.41) is 0. The minimum absolute atomic E-state index is 0. The molecule has 2 aromatic carbocycles. The van der Waals surface area contributed by atoms with Crippen molar-refractivity contribution >= 4 is 34.0 Å². The lowest BCUT2D eigenvalue weighted by atomic mass is 9.95. The SMILES string of the molecule is CS(=O)(=O)N1CCc2cc(C(=O)N3C[C@@H](N)[C@H](c4ccccc4)C3)ccc21.Cl. The lowest BCUT2D eigenvalue weighted by molar-refractivity contribution is 0.0789. The van der Waals surface area contributed by atoms with Crippen LogP contribution in [0.15, 0.2) is 48.5 Å². The molecule has 0 unspecified atom stereocenters. The highest BCUT2D eigenvalue weighted by molar-refractivity contribution is 7.92. The number of likely N-dealkylation sites (tertiary alicyclic amines) is 1. The largest absolute Gasteiger partial charge is 0.336 e. The third-order valence-corrected chi connectivity index (χ3v) is 6.64. The van der Waals surface area contributed by atoms with Crippen molar-refractivity contribution in [3.63, 3.8) is 0 Å². The van der Waals surface area contributed by atoms with E-state index in [0.717, 1.165) is 11.1 Å². The Morgan fingerprint density at radius 2 is 1.82 bits per heavy atom. The molecule has 0 bridgehead atoms. The molecule has 150 valence electrons. The van der Waals surface area contributed by atoms with Crippen LogP contribution in [0.3, 0.4) is 0 Å². The van der Waals surface area contributed by atoms with E-state index >= 15 is 0 Å². The van der Waals surface area contributed by atoms with Crippen LogP contribution in [0.1, 0.15) is 27.4 Å². The minimum atomic E-state index is -3.29. The Kier molecular flexibility index (Phi) is 5.70. The van der Waals surface area contributed by atoms with Crippen molar-refractivity contribution in [1.29, 1.82) is 0 Å². The van der Waals surface area contributed by atoms with Crippen LogP contribution in [-0.4, -0.2) is 51.2 Å². The molecule has 2 aromatic rings. The number of carbonyl (C=O) groups excluding carboxylic acids is 1. The lowest BCUT2D eigenvalue weighted by Crippen LogP contribution is -2.32. The van der Waals surface area contributed by atoms with Gasteiger partial charge in [0.25, 0.3) is 5.91 Å². The molecular formula is C20H24ClN3O3S. The Morgan fingerprint density at radius 3 is 2.50 bits per heavy atom. The summed E-state index contributed by atoms with van der Waals surface area (Å²) in [6.45, 7) is 1.54. The standard InChI is InChI=1S/C20H23N3O3S.ClH/c1-27(25,26)23-10-9-15-11-16(7-8-19(15)23)20(24)22-12-17(18(21)13-22)14-5-3-2-4-6-14;/h2-8,11,17-18H,9-10,12-13,21H2,1H3;1H/t17-,18+;/m0./s1. The lowest BCUT2D eigenvalue weighted by Gasteiger charge is -2.18. The van der Waals surface area contributed by atoms with Gasteiger partial charge in [-0.2, -0.15) is 0 Å². The molecule has 1 amide bonds. The van der Waals surface area contributed by atoms with Crippen LogP contribution >= 0.6 is 12.4 Å². The number of fused-ring (bicyclic) bond motifs is 1. The van der Waals surface area contributed by atoms with Crippen LogP contribution in [0.25, 0.3) is 0 Å². The fraction of sp³-hybridized carbons (Fsp3) is 0.350. The van der Waals surface area contributed by atoms with Gasteiger partial charge in [0, 0.05) is 37.2 Å². The molecule has 4 rings (SSSR count). The van der Waals surface area contributed by atoms with Gasteiger partial charge in [0.2, 0.25) is 10.0 Å². The monoisotopic (exact) mass is 421 g/mol. The molecule has 0 aliphatic carbocycles. The summed E-state index contributed by atoms with van der Waals surface area (Å²) in [6, 6.07) is 15.2. The van der Waals surface area contributed by atoms with Crippen LogP contribution < -0.4 is 10.0 Å². The number of nitrogens with two attached hydrogens (primary N) is 1. The zero-order chi connectivity index (χ0) is 19.2. The molecule has 1 fully saturated rings. The van der Waals surface area contributed by atoms with Gasteiger partial charge in [0.1, 0.15) is 0 Å². The van der Waals surface area contributed by atoms with Crippen molar-refractivity contribution in [3.05, 3.63) is 65.2 Å². The number of rotatable bonds is 3. The van der Waals surface area contributed by atoms with E-state index in [4.69, 9.17) is 5.73 Å². The number of sulfonamides is 1. The Labute approximate surface area is 171 Å². The van der Waals surface area contributed by atoms with Crippen LogP contribution in [0.4, 0.5) is 5.69 Å². The fourth-order valence-corrected chi connectivity index (χ4v) is 5.04. The normalized spacial score (nSPS) is 21.4. The second-order valence-corrected chi connectivity index (χ2v) is 9.23. The van der Waals surface area contributed by atoms with Crippen LogP contribution in [0.2, 0.25) is 0 Å². The van der Waals surface area contributed by atoms with Crippen molar-refractivity contribution in [2.24, 2.45) is 5.73 Å². The number of nitrogens with zero attached hydrogens (tertiary/aromatic N) is 2. The maximum atomic E-state index is 13.0. The summed E-state index contributed by atoms with van der Waals surface area (Å²) in [5.41, 5.74) is 9.62. The number of carbonyl (C=O) groups is 1. The van der Waals surface area contributed by atoms with Crippen LogP contribution in [-0.2, 0) is 16.4 Å². The van der Waals surface area contributed by atoms with Gasteiger partial charge in [0.05, 0.1) is 11.9 Å². The fourth-order valence-electron chi connectivity index (χ4n) is 4.08. The highest BCUT2D eigenvalue weighted by atomic mass is 35.5. The number of hydrogen-bond acceptors (Lipinski definition) is 4. The van der Waals surface area contributed by atoms with Crippen molar-refractivity contribution < 1.29 is 13.2 Å². The molecule has 2 aliphatic rings. The van der Waals surface area contributed by atoms with Gasteiger partial charge >= 0.3 is 0 Å². The molecular weight excluding hydrogens is 398 g/mol. The minimum Gasteiger partial charge on any atom is -0.336 e. The van der Waals surface area contributed by atoms with Gasteiger partial charge in [-0.05, 0) is 35.7 Å². The van der Waals surface area contributed by atoms with Gasteiger partial charge in [-0.3, -0.25) is 9.10 Å². The predicted octanol–water partition coefficient (Wildman–Crippen LogP) is 2.00. The average molecular weight is 422 g/mol. The maximum Gasteiger partial charge on any atom is 0.253 e. The third kappa shape index (κ3) is 3.74.